The highest BCUT2D eigenvalue weighted by molar-refractivity contribution is 5.93. The summed E-state index contributed by atoms with van der Waals surface area (Å²) in [4.78, 5) is 5.30. The highest BCUT2D eigenvalue weighted by Crippen LogP contribution is 2.58. The van der Waals surface area contributed by atoms with Gasteiger partial charge in [-0.3, -0.25) is 0 Å². The molecule has 2 nitrogen and oxygen atoms in total. The summed E-state index contributed by atoms with van der Waals surface area (Å²) in [7, 11) is 0. The molecule has 3 aliphatic rings. The maximum absolute atomic E-state index is 2.65. The zero-order valence-electron chi connectivity index (χ0n) is 55.8. The molecule has 0 radical (unpaired) electrons. The topological polar surface area (TPSA) is 6.48 Å². The van der Waals surface area contributed by atoms with Crippen LogP contribution in [-0.4, -0.2) is 0 Å². The Kier molecular flexibility index (Phi) is 15.6. The molecule has 0 heterocycles. The third-order valence-corrected chi connectivity index (χ3v) is 21.8. The molecule has 89 heavy (non-hydrogen) atoms. The first-order valence-electron chi connectivity index (χ1n) is 34.1. The summed E-state index contributed by atoms with van der Waals surface area (Å²) >= 11 is 0. The molecule has 0 amide bonds. The van der Waals surface area contributed by atoms with E-state index in [1.807, 2.05) is 0 Å². The lowest BCUT2D eigenvalue weighted by Crippen LogP contribution is -2.23. The van der Waals surface area contributed by atoms with Gasteiger partial charge in [0.05, 0.1) is 22.7 Å². The van der Waals surface area contributed by atoms with Gasteiger partial charge in [-0.2, -0.15) is 0 Å². The lowest BCUT2D eigenvalue weighted by Gasteiger charge is -2.34. The number of nitrogens with zero attached hydrogens (tertiary/aromatic N) is 2. The van der Waals surface area contributed by atoms with Gasteiger partial charge in [-0.15, -0.1) is 0 Å². The molecule has 0 saturated heterocycles. The van der Waals surface area contributed by atoms with Crippen LogP contribution in [-0.2, 0) is 67.6 Å². The molecule has 10 aromatic rings. The first kappa shape index (κ1) is 59.7. The number of rotatable bonds is 18. The molecule has 0 aromatic heterocycles. The van der Waals surface area contributed by atoms with Crippen molar-refractivity contribution in [3.8, 4) is 55.6 Å². The molecule has 0 fully saturated rings. The van der Waals surface area contributed by atoms with Gasteiger partial charge >= 0.3 is 0 Å². The zero-order chi connectivity index (χ0) is 62.3. The lowest BCUT2D eigenvalue weighted by atomic mass is 9.73. The Labute approximate surface area is 533 Å². The molecule has 2 heteroatoms. The van der Waals surface area contributed by atoms with Gasteiger partial charge in [0.2, 0.25) is 0 Å². The molecule has 0 bridgehead atoms. The number of hydrogen-bond donors (Lipinski definition) is 0. The molecular weight excluding hydrogens is 1070 g/mol. The molecule has 0 aliphatic heterocycles. The van der Waals surface area contributed by atoms with E-state index >= 15 is 0 Å². The molecule has 0 spiro atoms. The van der Waals surface area contributed by atoms with Gasteiger partial charge in [0.15, 0.2) is 0 Å². The van der Waals surface area contributed by atoms with Crippen molar-refractivity contribution in [2.45, 2.75) is 177 Å². The van der Waals surface area contributed by atoms with E-state index in [0.29, 0.717) is 0 Å². The van der Waals surface area contributed by atoms with E-state index in [-0.39, 0.29) is 16.2 Å². The molecule has 13 rings (SSSR count). The molecule has 0 atom stereocenters. The Morgan fingerprint density at radius 2 is 0.461 bits per heavy atom. The second kappa shape index (κ2) is 23.3. The van der Waals surface area contributed by atoms with E-state index < -0.39 is 0 Å². The van der Waals surface area contributed by atoms with Gasteiger partial charge in [0.1, 0.15) is 0 Å². The van der Waals surface area contributed by atoms with E-state index in [9.17, 15) is 0 Å². The summed E-state index contributed by atoms with van der Waals surface area (Å²) in [5, 5.41) is 0. The van der Waals surface area contributed by atoms with Crippen LogP contribution in [0.1, 0.15) is 188 Å². The van der Waals surface area contributed by atoms with Gasteiger partial charge in [-0.1, -0.05) is 230 Å². The largest absolute Gasteiger partial charge is 0.309 e. The summed E-state index contributed by atoms with van der Waals surface area (Å²) in [6.07, 6.45) is 9.87. The van der Waals surface area contributed by atoms with Gasteiger partial charge in [0, 0.05) is 27.6 Å². The molecular formula is C87H92N2. The van der Waals surface area contributed by atoms with Crippen molar-refractivity contribution in [3.63, 3.8) is 0 Å². The molecule has 0 saturated carbocycles. The third-order valence-electron chi connectivity index (χ3n) is 21.8. The van der Waals surface area contributed by atoms with Gasteiger partial charge < -0.3 is 9.80 Å². The van der Waals surface area contributed by atoms with Crippen molar-refractivity contribution < 1.29 is 0 Å². The number of benzene rings is 10. The summed E-state index contributed by atoms with van der Waals surface area (Å²) < 4.78 is 0. The second-order valence-electron chi connectivity index (χ2n) is 26.7. The van der Waals surface area contributed by atoms with Gasteiger partial charge in [-0.05, 0) is 246 Å². The molecule has 10 aromatic carbocycles. The minimum atomic E-state index is -0.211. The fraction of sp³-hybridized carbons (Fsp3) is 0.310. The smallest absolute Gasteiger partial charge is 0.0525 e. The molecule has 0 unspecified atom stereocenters. The maximum Gasteiger partial charge on any atom is 0.0525 e. The maximum atomic E-state index is 2.65. The second-order valence-corrected chi connectivity index (χ2v) is 26.7. The van der Waals surface area contributed by atoms with Crippen LogP contribution in [0.15, 0.2) is 182 Å². The summed E-state index contributed by atoms with van der Waals surface area (Å²) in [6.45, 7) is 33.1. The molecule has 450 valence electrons. The van der Waals surface area contributed by atoms with Crippen molar-refractivity contribution in [1.82, 2.24) is 0 Å². The molecule has 3 aliphatic carbocycles. The van der Waals surface area contributed by atoms with Crippen LogP contribution in [0.2, 0.25) is 0 Å². The minimum Gasteiger partial charge on any atom is -0.309 e. The number of aryl methyl sites for hydroxylation is 8. The fourth-order valence-electron chi connectivity index (χ4n) is 16.7. The first-order chi connectivity index (χ1) is 43.2. The predicted octanol–water partition coefficient (Wildman–Crippen LogP) is 24.2. The third kappa shape index (κ3) is 9.31. The fourth-order valence-corrected chi connectivity index (χ4v) is 16.7. The first-order valence-corrected chi connectivity index (χ1v) is 34.1. The minimum absolute atomic E-state index is 0.107. The summed E-state index contributed by atoms with van der Waals surface area (Å²) in [6, 6.07) is 72.1. The number of fused-ring (bicyclic) bond motifs is 9. The van der Waals surface area contributed by atoms with E-state index in [4.69, 9.17) is 0 Å². The van der Waals surface area contributed by atoms with Crippen LogP contribution in [0.25, 0.3) is 55.6 Å². The normalized spacial score (nSPS) is 14.2. The van der Waals surface area contributed by atoms with Crippen LogP contribution in [0.4, 0.5) is 34.1 Å². The Hall–Kier alpha value is -8.20. The monoisotopic (exact) mass is 1160 g/mol. The predicted molar refractivity (Wildman–Crippen MR) is 384 cm³/mol. The highest BCUT2D eigenvalue weighted by atomic mass is 15.2. The number of para-hydroxylation sites is 4. The highest BCUT2D eigenvalue weighted by Gasteiger charge is 2.43. The quantitative estimate of drug-likeness (QED) is 0.0845. The average Bonchev–Trinajstić information content (AvgIpc) is 1.60. The average molecular weight is 1170 g/mol. The van der Waals surface area contributed by atoms with Crippen molar-refractivity contribution in [1.29, 1.82) is 0 Å². The van der Waals surface area contributed by atoms with E-state index in [2.05, 4.69) is 289 Å². The van der Waals surface area contributed by atoms with Crippen molar-refractivity contribution in [2.75, 3.05) is 9.80 Å². The van der Waals surface area contributed by atoms with E-state index in [1.165, 1.54) is 168 Å². The van der Waals surface area contributed by atoms with Crippen LogP contribution < -0.4 is 9.80 Å². The summed E-state index contributed by atoms with van der Waals surface area (Å²) in [5.74, 6) is 0. The summed E-state index contributed by atoms with van der Waals surface area (Å²) in [5.41, 5.74) is 40.4. The number of anilines is 6. The van der Waals surface area contributed by atoms with E-state index in [0.717, 1.165) is 64.2 Å². The van der Waals surface area contributed by atoms with Crippen LogP contribution in [0.5, 0.6) is 0 Å². The van der Waals surface area contributed by atoms with Crippen LogP contribution >= 0.6 is 0 Å². The standard InChI is InChI=1S/C87H92N2/c1-15-55-29-25-30-56(16-2)81(55)88(82-57(17-3)31-26-32-58(82)18-4)67-41-47-71-69-43-37-63(49-75(69)85(11,12)77(71)53-67)65-39-45-73-74-46-40-66(52-80(74)87(23-9,24-10)79(73)51-65)64-38-44-70-72-48-42-68(54-78(72)86(13,14)76(70)50-64)89(83-59(19-5)33-27-34-60(83)20-6)84-61(21-7)35-28-36-62(84)22-8/h25-54H,15-24H2,1-14H3. The van der Waals surface area contributed by atoms with Crippen molar-refractivity contribution in [3.05, 3.63) is 260 Å². The van der Waals surface area contributed by atoms with Gasteiger partial charge in [-0.25, -0.2) is 0 Å². The molecule has 0 N–H and O–H groups in total. The van der Waals surface area contributed by atoms with Gasteiger partial charge in [0.25, 0.3) is 0 Å². The van der Waals surface area contributed by atoms with Crippen molar-refractivity contribution >= 4 is 34.1 Å². The SMILES string of the molecule is CCc1cccc(CC)c1N(c1ccc2c(c1)C(C)(C)c1cc(-c3ccc4c(c3)C(CC)(CC)c3cc(-c5ccc6c(c5)C(C)(C)c5cc(N(c7c(CC)cccc7CC)c7c(CC)cccc7CC)ccc5-6)ccc3-4)ccc1-2)c1c(CC)cccc1CC. The Morgan fingerprint density at radius 1 is 0.247 bits per heavy atom. The van der Waals surface area contributed by atoms with Crippen LogP contribution in [0, 0.1) is 0 Å². The Morgan fingerprint density at radius 3 is 0.697 bits per heavy atom. The lowest BCUT2D eigenvalue weighted by molar-refractivity contribution is 0.491. The number of hydrogen-bond acceptors (Lipinski definition) is 2. The Bertz CT molecular complexity index is 3920. The zero-order valence-corrected chi connectivity index (χ0v) is 55.8. The van der Waals surface area contributed by atoms with E-state index in [1.54, 1.807) is 0 Å². The van der Waals surface area contributed by atoms with Crippen molar-refractivity contribution in [2.24, 2.45) is 0 Å². The Balaban J connectivity index is 0.837. The van der Waals surface area contributed by atoms with Crippen LogP contribution in [0.3, 0.4) is 0 Å².